The predicted octanol–water partition coefficient (Wildman–Crippen LogP) is 1.28. The second-order valence-corrected chi connectivity index (χ2v) is 7.13. The third kappa shape index (κ3) is 3.37. The second-order valence-electron chi connectivity index (χ2n) is 5.20. The van der Waals surface area contributed by atoms with Gasteiger partial charge in [0.2, 0.25) is 15.9 Å². The molecule has 0 aromatic heterocycles. The number of nitrogens with zero attached hydrogens (tertiary/aromatic N) is 1. The third-order valence-electron chi connectivity index (χ3n) is 3.49. The highest BCUT2D eigenvalue weighted by Gasteiger charge is 2.29. The van der Waals surface area contributed by atoms with Crippen LogP contribution < -0.4 is 5.32 Å². The Bertz CT molecular complexity index is 590. The summed E-state index contributed by atoms with van der Waals surface area (Å²) in [6.07, 6.45) is 1.31. The van der Waals surface area contributed by atoms with E-state index in [1.165, 1.54) is 11.2 Å². The Balaban J connectivity index is 2.08. The van der Waals surface area contributed by atoms with Crippen LogP contribution in [0.15, 0.2) is 29.2 Å². The van der Waals surface area contributed by atoms with Gasteiger partial charge < -0.3 is 5.32 Å². The average Bonchev–Trinajstić information content (AvgIpc) is 2.38. The first-order valence-corrected chi connectivity index (χ1v) is 8.17. The quantitative estimate of drug-likeness (QED) is 0.914. The number of rotatable bonds is 3. The van der Waals surface area contributed by atoms with Crippen molar-refractivity contribution in [2.75, 3.05) is 13.1 Å². The number of amides is 1. The zero-order valence-corrected chi connectivity index (χ0v) is 12.6. The van der Waals surface area contributed by atoms with Crippen LogP contribution in [0.1, 0.15) is 25.3 Å². The van der Waals surface area contributed by atoms with E-state index in [0.29, 0.717) is 30.8 Å². The van der Waals surface area contributed by atoms with Crippen LogP contribution in [0.5, 0.6) is 0 Å². The van der Waals surface area contributed by atoms with Crippen molar-refractivity contribution in [3.8, 4) is 0 Å². The Kier molecular flexibility index (Phi) is 4.45. The van der Waals surface area contributed by atoms with Crippen LogP contribution in [0.4, 0.5) is 0 Å². The minimum atomic E-state index is -3.42. The number of sulfonamides is 1. The van der Waals surface area contributed by atoms with Gasteiger partial charge in [0.25, 0.3) is 0 Å². The molecule has 1 fully saturated rings. The zero-order valence-electron chi connectivity index (χ0n) is 11.8. The highest BCUT2D eigenvalue weighted by Crippen LogP contribution is 2.21. The fraction of sp³-hybridized carbons (Fsp3) is 0.500. The summed E-state index contributed by atoms with van der Waals surface area (Å²) in [7, 11) is -3.42. The predicted molar refractivity (Wildman–Crippen MR) is 76.8 cm³/mol. The summed E-state index contributed by atoms with van der Waals surface area (Å²) in [5.41, 5.74) is 0.930. The molecule has 0 bridgehead atoms. The number of hydrogen-bond donors (Lipinski definition) is 1. The normalized spacial score (nSPS) is 17.9. The first kappa shape index (κ1) is 15.0. The molecule has 5 nitrogen and oxygen atoms in total. The van der Waals surface area contributed by atoms with Gasteiger partial charge in [-0.25, -0.2) is 8.42 Å². The molecule has 0 aliphatic carbocycles. The molecule has 6 heteroatoms. The molecule has 0 atom stereocenters. The molecule has 0 saturated carbocycles. The van der Waals surface area contributed by atoms with E-state index in [1.807, 2.05) is 13.0 Å². The van der Waals surface area contributed by atoms with E-state index in [0.717, 1.165) is 5.56 Å². The summed E-state index contributed by atoms with van der Waals surface area (Å²) in [5, 5.41) is 2.84. The Morgan fingerprint density at radius 3 is 2.50 bits per heavy atom. The molecule has 1 heterocycles. The highest BCUT2D eigenvalue weighted by molar-refractivity contribution is 7.89. The lowest BCUT2D eigenvalue weighted by Crippen LogP contribution is -2.46. The highest BCUT2D eigenvalue weighted by atomic mass is 32.2. The molecule has 1 aliphatic heterocycles. The monoisotopic (exact) mass is 296 g/mol. The largest absolute Gasteiger partial charge is 0.354 e. The summed E-state index contributed by atoms with van der Waals surface area (Å²) in [4.78, 5) is 11.3. The number of piperidine rings is 1. The first-order valence-electron chi connectivity index (χ1n) is 6.73. The molecule has 1 aromatic carbocycles. The van der Waals surface area contributed by atoms with Crippen molar-refractivity contribution in [2.45, 2.75) is 37.6 Å². The standard InChI is InChI=1S/C14H20N2O3S/c1-11-4-3-5-14(10-11)20(18,19)16-8-6-13(7-9-16)15-12(2)17/h3-5,10,13H,6-9H2,1-2H3,(H,15,17). The van der Waals surface area contributed by atoms with Crippen LogP contribution in [0, 0.1) is 6.92 Å². The van der Waals surface area contributed by atoms with Crippen LogP contribution in [0.25, 0.3) is 0 Å². The van der Waals surface area contributed by atoms with Crippen molar-refractivity contribution < 1.29 is 13.2 Å². The lowest BCUT2D eigenvalue weighted by Gasteiger charge is -2.31. The van der Waals surface area contributed by atoms with E-state index in [2.05, 4.69) is 5.32 Å². The van der Waals surface area contributed by atoms with Gasteiger partial charge in [0, 0.05) is 26.1 Å². The molecule has 110 valence electrons. The average molecular weight is 296 g/mol. The fourth-order valence-electron chi connectivity index (χ4n) is 2.45. The van der Waals surface area contributed by atoms with Gasteiger partial charge in [-0.05, 0) is 37.5 Å². The molecule has 2 rings (SSSR count). The summed E-state index contributed by atoms with van der Waals surface area (Å²) < 4.78 is 26.5. The van der Waals surface area contributed by atoms with Gasteiger partial charge in [0.1, 0.15) is 0 Å². The van der Waals surface area contributed by atoms with Crippen LogP contribution in [-0.4, -0.2) is 37.8 Å². The van der Waals surface area contributed by atoms with Crippen molar-refractivity contribution in [2.24, 2.45) is 0 Å². The minimum Gasteiger partial charge on any atom is -0.354 e. The van der Waals surface area contributed by atoms with Gasteiger partial charge in [-0.3, -0.25) is 4.79 Å². The molecule has 0 unspecified atom stereocenters. The van der Waals surface area contributed by atoms with Gasteiger partial charge in [-0.15, -0.1) is 0 Å². The van der Waals surface area contributed by atoms with E-state index < -0.39 is 10.0 Å². The van der Waals surface area contributed by atoms with E-state index in [1.54, 1.807) is 18.2 Å². The number of carbonyl (C=O) groups excluding carboxylic acids is 1. The van der Waals surface area contributed by atoms with E-state index >= 15 is 0 Å². The van der Waals surface area contributed by atoms with Gasteiger partial charge in [0.05, 0.1) is 4.90 Å². The number of aryl methyl sites for hydroxylation is 1. The van der Waals surface area contributed by atoms with E-state index in [4.69, 9.17) is 0 Å². The Labute approximate surface area is 120 Å². The summed E-state index contributed by atoms with van der Waals surface area (Å²) in [6.45, 7) is 4.25. The van der Waals surface area contributed by atoms with Crippen LogP contribution in [0.3, 0.4) is 0 Å². The summed E-state index contributed by atoms with van der Waals surface area (Å²) >= 11 is 0. The molecule has 1 amide bonds. The van der Waals surface area contributed by atoms with Crippen molar-refractivity contribution >= 4 is 15.9 Å². The van der Waals surface area contributed by atoms with E-state index in [9.17, 15) is 13.2 Å². The molecule has 1 aliphatic rings. The molecule has 0 radical (unpaired) electrons. The molecule has 0 spiro atoms. The maximum Gasteiger partial charge on any atom is 0.243 e. The van der Waals surface area contributed by atoms with Gasteiger partial charge in [-0.1, -0.05) is 12.1 Å². The van der Waals surface area contributed by atoms with Crippen molar-refractivity contribution in [1.82, 2.24) is 9.62 Å². The van der Waals surface area contributed by atoms with Crippen LogP contribution in [0.2, 0.25) is 0 Å². The molecular formula is C14H20N2O3S. The maximum atomic E-state index is 12.5. The Morgan fingerprint density at radius 1 is 1.30 bits per heavy atom. The lowest BCUT2D eigenvalue weighted by atomic mass is 10.1. The maximum absolute atomic E-state index is 12.5. The summed E-state index contributed by atoms with van der Waals surface area (Å²) in [5.74, 6) is -0.0648. The van der Waals surface area contributed by atoms with Gasteiger partial charge in [-0.2, -0.15) is 4.31 Å². The molecular weight excluding hydrogens is 276 g/mol. The fourth-order valence-corrected chi connectivity index (χ4v) is 4.03. The summed E-state index contributed by atoms with van der Waals surface area (Å²) in [6, 6.07) is 7.03. The van der Waals surface area contributed by atoms with Crippen molar-refractivity contribution in [3.05, 3.63) is 29.8 Å². The molecule has 1 N–H and O–H groups in total. The van der Waals surface area contributed by atoms with E-state index in [-0.39, 0.29) is 11.9 Å². The minimum absolute atomic E-state index is 0.0648. The zero-order chi connectivity index (χ0) is 14.8. The number of benzene rings is 1. The molecule has 20 heavy (non-hydrogen) atoms. The second kappa shape index (κ2) is 5.93. The van der Waals surface area contributed by atoms with Crippen molar-refractivity contribution in [1.29, 1.82) is 0 Å². The number of carbonyl (C=O) groups is 1. The topological polar surface area (TPSA) is 66.5 Å². The van der Waals surface area contributed by atoms with Crippen molar-refractivity contribution in [3.63, 3.8) is 0 Å². The van der Waals surface area contributed by atoms with Crippen LogP contribution >= 0.6 is 0 Å². The number of hydrogen-bond acceptors (Lipinski definition) is 3. The Hall–Kier alpha value is -1.40. The molecule has 1 saturated heterocycles. The van der Waals surface area contributed by atoms with Crippen LogP contribution in [-0.2, 0) is 14.8 Å². The first-order chi connectivity index (χ1) is 9.39. The lowest BCUT2D eigenvalue weighted by molar-refractivity contribution is -0.119. The molecule has 1 aromatic rings. The number of nitrogens with one attached hydrogen (secondary N) is 1. The smallest absolute Gasteiger partial charge is 0.243 e. The SMILES string of the molecule is CC(=O)NC1CCN(S(=O)(=O)c2cccc(C)c2)CC1. The Morgan fingerprint density at radius 2 is 1.95 bits per heavy atom. The third-order valence-corrected chi connectivity index (χ3v) is 5.38. The van der Waals surface area contributed by atoms with Gasteiger partial charge in [0.15, 0.2) is 0 Å². The van der Waals surface area contributed by atoms with Gasteiger partial charge >= 0.3 is 0 Å².